The van der Waals surface area contributed by atoms with Crippen LogP contribution < -0.4 is 5.73 Å². The van der Waals surface area contributed by atoms with E-state index < -0.39 is 0 Å². The highest BCUT2D eigenvalue weighted by atomic mass is 16.5. The normalized spacial score (nSPS) is 14.5. The fourth-order valence-corrected chi connectivity index (χ4v) is 1.86. The van der Waals surface area contributed by atoms with Gasteiger partial charge in [0.15, 0.2) is 0 Å². The summed E-state index contributed by atoms with van der Waals surface area (Å²) in [6, 6.07) is -0.346. The molecule has 0 saturated heterocycles. The summed E-state index contributed by atoms with van der Waals surface area (Å²) in [4.78, 5) is 11.3. The average molecular weight is 265 g/mol. The Balaban J connectivity index is 2.03. The molecule has 0 aliphatic carbocycles. The molecule has 2 aromatic rings. The molecule has 3 N–H and O–H groups in total. The van der Waals surface area contributed by atoms with Crippen LogP contribution in [0.4, 0.5) is 0 Å². The van der Waals surface area contributed by atoms with E-state index >= 15 is 0 Å². The maximum absolute atomic E-state index is 6.03. The van der Waals surface area contributed by atoms with E-state index in [9.17, 15) is 0 Å². The van der Waals surface area contributed by atoms with Gasteiger partial charge in [-0.25, -0.2) is 4.98 Å². The second-order valence-corrected chi connectivity index (χ2v) is 4.39. The quantitative estimate of drug-likeness (QED) is 0.786. The molecule has 1 unspecified atom stereocenters. The minimum absolute atomic E-state index is 0.137. The van der Waals surface area contributed by atoms with E-state index in [1.807, 2.05) is 0 Å². The molecular formula is C12H19N5O2. The SMILES string of the molecule is CCCC(OC)c1noc([C@@H](N)Cc2cnc[nH]2)n1. The van der Waals surface area contributed by atoms with E-state index in [4.69, 9.17) is 15.0 Å². The molecule has 104 valence electrons. The van der Waals surface area contributed by atoms with Crippen molar-refractivity contribution in [2.24, 2.45) is 5.73 Å². The lowest BCUT2D eigenvalue weighted by molar-refractivity contribution is 0.0854. The fraction of sp³-hybridized carbons (Fsp3) is 0.583. The molecule has 2 aromatic heterocycles. The Kier molecular flexibility index (Phi) is 4.64. The maximum Gasteiger partial charge on any atom is 0.244 e. The summed E-state index contributed by atoms with van der Waals surface area (Å²) in [6.45, 7) is 2.08. The summed E-state index contributed by atoms with van der Waals surface area (Å²) in [7, 11) is 1.64. The Morgan fingerprint density at radius 2 is 2.37 bits per heavy atom. The van der Waals surface area contributed by atoms with Crippen LogP contribution in [0.5, 0.6) is 0 Å². The highest BCUT2D eigenvalue weighted by Gasteiger charge is 2.20. The van der Waals surface area contributed by atoms with Crippen LogP contribution in [0, 0.1) is 0 Å². The predicted molar refractivity (Wildman–Crippen MR) is 68.2 cm³/mol. The lowest BCUT2D eigenvalue weighted by atomic mass is 10.2. The van der Waals surface area contributed by atoms with Gasteiger partial charge in [-0.1, -0.05) is 18.5 Å². The molecule has 7 nitrogen and oxygen atoms in total. The van der Waals surface area contributed by atoms with Crippen LogP contribution >= 0.6 is 0 Å². The van der Waals surface area contributed by atoms with Gasteiger partial charge in [0, 0.05) is 25.4 Å². The molecule has 0 aromatic carbocycles. The van der Waals surface area contributed by atoms with Gasteiger partial charge in [-0.3, -0.25) is 0 Å². The summed E-state index contributed by atoms with van der Waals surface area (Å²) in [5.74, 6) is 0.974. The minimum atomic E-state index is -0.346. The van der Waals surface area contributed by atoms with Crippen molar-refractivity contribution in [2.75, 3.05) is 7.11 Å². The average Bonchev–Trinajstić information content (AvgIpc) is 3.06. The zero-order valence-corrected chi connectivity index (χ0v) is 11.2. The lowest BCUT2D eigenvalue weighted by Crippen LogP contribution is -2.14. The Hall–Kier alpha value is -1.73. The zero-order chi connectivity index (χ0) is 13.7. The number of aromatic amines is 1. The van der Waals surface area contributed by atoms with Crippen LogP contribution in [0.1, 0.15) is 49.3 Å². The molecule has 0 saturated carbocycles. The van der Waals surface area contributed by atoms with Crippen molar-refractivity contribution in [3.63, 3.8) is 0 Å². The first-order valence-corrected chi connectivity index (χ1v) is 6.33. The number of hydrogen-bond donors (Lipinski definition) is 2. The molecule has 2 atom stereocenters. The van der Waals surface area contributed by atoms with Gasteiger partial charge in [0.05, 0.1) is 12.4 Å². The Morgan fingerprint density at radius 3 is 3.00 bits per heavy atom. The number of H-pyrrole nitrogens is 1. The van der Waals surface area contributed by atoms with Crippen LogP contribution in [0.15, 0.2) is 17.0 Å². The second-order valence-electron chi connectivity index (χ2n) is 4.39. The summed E-state index contributed by atoms with van der Waals surface area (Å²) >= 11 is 0. The maximum atomic E-state index is 6.03. The summed E-state index contributed by atoms with van der Waals surface area (Å²) in [6.07, 6.45) is 5.62. The van der Waals surface area contributed by atoms with Crippen molar-refractivity contribution in [3.8, 4) is 0 Å². The van der Waals surface area contributed by atoms with Crippen LogP contribution in [0.3, 0.4) is 0 Å². The largest absolute Gasteiger partial charge is 0.373 e. The van der Waals surface area contributed by atoms with Crippen LogP contribution in [-0.4, -0.2) is 27.2 Å². The number of methoxy groups -OCH3 is 1. The van der Waals surface area contributed by atoms with Gasteiger partial charge in [-0.05, 0) is 6.42 Å². The molecular weight excluding hydrogens is 246 g/mol. The smallest absolute Gasteiger partial charge is 0.244 e. The standard InChI is InChI=1S/C12H19N5O2/c1-3-4-10(18-2)11-16-12(19-17-11)9(13)5-8-6-14-7-15-8/h6-7,9-10H,3-5,13H2,1-2H3,(H,14,15)/t9-,10?/m0/s1. The fourth-order valence-electron chi connectivity index (χ4n) is 1.86. The van der Waals surface area contributed by atoms with Gasteiger partial charge in [0.25, 0.3) is 0 Å². The number of aromatic nitrogens is 4. The van der Waals surface area contributed by atoms with Crippen molar-refractivity contribution in [1.82, 2.24) is 20.1 Å². The molecule has 0 aliphatic heterocycles. The molecule has 2 heterocycles. The number of rotatable bonds is 7. The van der Waals surface area contributed by atoms with Crippen molar-refractivity contribution in [1.29, 1.82) is 0 Å². The van der Waals surface area contributed by atoms with Crippen LogP contribution in [0.2, 0.25) is 0 Å². The summed E-state index contributed by atoms with van der Waals surface area (Å²) in [5, 5.41) is 3.94. The molecule has 2 rings (SSSR count). The molecule has 0 radical (unpaired) electrons. The summed E-state index contributed by atoms with van der Waals surface area (Å²) < 4.78 is 10.5. The van der Waals surface area contributed by atoms with E-state index in [2.05, 4.69) is 27.0 Å². The minimum Gasteiger partial charge on any atom is -0.373 e. The van der Waals surface area contributed by atoms with Gasteiger partial charge in [0.2, 0.25) is 11.7 Å². The van der Waals surface area contributed by atoms with Gasteiger partial charge in [-0.2, -0.15) is 4.98 Å². The number of nitrogens with zero attached hydrogens (tertiary/aromatic N) is 3. The molecule has 0 fully saturated rings. The third-order valence-electron chi connectivity index (χ3n) is 2.89. The van der Waals surface area contributed by atoms with Crippen LogP contribution in [-0.2, 0) is 11.2 Å². The molecule has 0 amide bonds. The Labute approximate surface area is 111 Å². The topological polar surface area (TPSA) is 103 Å². The first-order chi connectivity index (χ1) is 9.24. The first kappa shape index (κ1) is 13.7. The summed E-state index contributed by atoms with van der Waals surface area (Å²) in [5.41, 5.74) is 6.96. The predicted octanol–water partition coefficient (Wildman–Crippen LogP) is 1.52. The van der Waals surface area contributed by atoms with E-state index in [0.29, 0.717) is 18.1 Å². The highest BCUT2D eigenvalue weighted by molar-refractivity contribution is 5.02. The van der Waals surface area contributed by atoms with E-state index in [1.54, 1.807) is 19.6 Å². The van der Waals surface area contributed by atoms with Crippen molar-refractivity contribution in [2.45, 2.75) is 38.3 Å². The number of imidazole rings is 1. The van der Waals surface area contributed by atoms with Gasteiger partial charge in [-0.15, -0.1) is 0 Å². The van der Waals surface area contributed by atoms with Gasteiger partial charge in [0.1, 0.15) is 6.10 Å². The van der Waals surface area contributed by atoms with Crippen molar-refractivity contribution < 1.29 is 9.26 Å². The lowest BCUT2D eigenvalue weighted by Gasteiger charge is -2.08. The number of ether oxygens (including phenoxy) is 1. The highest BCUT2D eigenvalue weighted by Crippen LogP contribution is 2.21. The Bertz CT molecular complexity index is 482. The number of hydrogen-bond acceptors (Lipinski definition) is 6. The third kappa shape index (κ3) is 3.39. The van der Waals surface area contributed by atoms with Gasteiger partial charge < -0.3 is 20.0 Å². The van der Waals surface area contributed by atoms with Gasteiger partial charge >= 0.3 is 0 Å². The Morgan fingerprint density at radius 1 is 1.53 bits per heavy atom. The van der Waals surface area contributed by atoms with Crippen molar-refractivity contribution in [3.05, 3.63) is 29.9 Å². The van der Waals surface area contributed by atoms with E-state index in [1.165, 1.54) is 0 Å². The third-order valence-corrected chi connectivity index (χ3v) is 2.89. The number of nitrogens with two attached hydrogens (primary N) is 1. The second kappa shape index (κ2) is 6.44. The molecule has 7 heteroatoms. The first-order valence-electron chi connectivity index (χ1n) is 6.33. The van der Waals surface area contributed by atoms with E-state index in [0.717, 1.165) is 18.5 Å². The molecule has 19 heavy (non-hydrogen) atoms. The molecule has 0 aliphatic rings. The zero-order valence-electron chi connectivity index (χ0n) is 11.2. The molecule has 0 bridgehead atoms. The van der Waals surface area contributed by atoms with Crippen LogP contribution in [0.25, 0.3) is 0 Å². The monoisotopic (exact) mass is 265 g/mol. The van der Waals surface area contributed by atoms with E-state index in [-0.39, 0.29) is 12.1 Å². The van der Waals surface area contributed by atoms with Crippen molar-refractivity contribution >= 4 is 0 Å². The molecule has 0 spiro atoms. The number of nitrogens with one attached hydrogen (secondary N) is 1.